The van der Waals surface area contributed by atoms with Gasteiger partial charge in [-0.25, -0.2) is 0 Å². The van der Waals surface area contributed by atoms with E-state index in [-0.39, 0.29) is 18.2 Å². The van der Waals surface area contributed by atoms with Crippen molar-refractivity contribution in [1.29, 1.82) is 0 Å². The smallest absolute Gasteiger partial charge is 0.311 e. The van der Waals surface area contributed by atoms with Gasteiger partial charge in [0.25, 0.3) is 0 Å². The average molecular weight is 245 g/mol. The van der Waals surface area contributed by atoms with Crippen molar-refractivity contribution in [2.24, 2.45) is 5.92 Å². The molecule has 0 aromatic heterocycles. The van der Waals surface area contributed by atoms with Crippen molar-refractivity contribution < 1.29 is 14.6 Å². The SMILES string of the molecule is O=C(O)[C@H]1[C@H](NCc2ccccc2)[C@H]2C=C[C@@H]1O2. The van der Waals surface area contributed by atoms with Crippen LogP contribution in [-0.4, -0.2) is 29.3 Å². The molecule has 2 aliphatic rings. The summed E-state index contributed by atoms with van der Waals surface area (Å²) in [6.45, 7) is 0.662. The fourth-order valence-electron chi connectivity index (χ4n) is 2.68. The molecule has 4 atom stereocenters. The highest BCUT2D eigenvalue weighted by molar-refractivity contribution is 5.73. The van der Waals surface area contributed by atoms with Gasteiger partial charge in [0.1, 0.15) is 5.92 Å². The number of carboxylic acid groups (broad SMARTS) is 1. The number of benzene rings is 1. The van der Waals surface area contributed by atoms with Crippen molar-refractivity contribution in [3.8, 4) is 0 Å². The Bertz CT molecular complexity index is 471. The maximum Gasteiger partial charge on any atom is 0.311 e. The van der Waals surface area contributed by atoms with Crippen LogP contribution in [0.3, 0.4) is 0 Å². The lowest BCUT2D eigenvalue weighted by Gasteiger charge is -2.23. The quantitative estimate of drug-likeness (QED) is 0.782. The van der Waals surface area contributed by atoms with E-state index in [9.17, 15) is 9.90 Å². The fourth-order valence-corrected chi connectivity index (χ4v) is 2.68. The second-order valence-electron chi connectivity index (χ2n) is 4.71. The number of rotatable bonds is 4. The van der Waals surface area contributed by atoms with Crippen LogP contribution in [0.25, 0.3) is 0 Å². The molecule has 0 unspecified atom stereocenters. The number of hydrogen-bond acceptors (Lipinski definition) is 3. The molecule has 2 bridgehead atoms. The molecule has 0 aliphatic carbocycles. The molecule has 1 aromatic rings. The molecule has 2 heterocycles. The van der Waals surface area contributed by atoms with E-state index in [1.54, 1.807) is 0 Å². The molecule has 0 radical (unpaired) electrons. The highest BCUT2D eigenvalue weighted by Crippen LogP contribution is 2.34. The first-order valence-corrected chi connectivity index (χ1v) is 6.09. The zero-order valence-electron chi connectivity index (χ0n) is 9.82. The first-order valence-electron chi connectivity index (χ1n) is 6.09. The minimum Gasteiger partial charge on any atom is -0.481 e. The highest BCUT2D eigenvalue weighted by atomic mass is 16.5. The van der Waals surface area contributed by atoms with Crippen LogP contribution in [-0.2, 0) is 16.1 Å². The van der Waals surface area contributed by atoms with Crippen LogP contribution >= 0.6 is 0 Å². The normalized spacial score (nSPS) is 32.9. The van der Waals surface area contributed by atoms with Crippen LogP contribution in [0.4, 0.5) is 0 Å². The summed E-state index contributed by atoms with van der Waals surface area (Å²) in [5, 5.41) is 12.6. The van der Waals surface area contributed by atoms with Gasteiger partial charge in [0.2, 0.25) is 0 Å². The Kier molecular flexibility index (Phi) is 2.89. The van der Waals surface area contributed by atoms with E-state index in [2.05, 4.69) is 5.32 Å². The van der Waals surface area contributed by atoms with Crippen LogP contribution in [0.1, 0.15) is 5.56 Å². The topological polar surface area (TPSA) is 58.6 Å². The molecular weight excluding hydrogens is 230 g/mol. The Morgan fingerprint density at radius 3 is 2.67 bits per heavy atom. The molecule has 0 spiro atoms. The van der Waals surface area contributed by atoms with Gasteiger partial charge in [0, 0.05) is 6.54 Å². The minimum absolute atomic E-state index is 0.111. The Morgan fingerprint density at radius 2 is 1.94 bits per heavy atom. The molecule has 18 heavy (non-hydrogen) atoms. The molecule has 4 nitrogen and oxygen atoms in total. The number of hydrogen-bond donors (Lipinski definition) is 2. The van der Waals surface area contributed by atoms with Crippen molar-refractivity contribution in [2.75, 3.05) is 0 Å². The molecule has 94 valence electrons. The predicted molar refractivity (Wildman–Crippen MR) is 66.0 cm³/mol. The first-order chi connectivity index (χ1) is 8.75. The van der Waals surface area contributed by atoms with Gasteiger partial charge in [0.15, 0.2) is 0 Å². The molecular formula is C14H15NO3. The van der Waals surface area contributed by atoms with E-state index in [1.807, 2.05) is 42.5 Å². The van der Waals surface area contributed by atoms with Gasteiger partial charge < -0.3 is 15.2 Å². The van der Waals surface area contributed by atoms with E-state index >= 15 is 0 Å². The number of carbonyl (C=O) groups is 1. The highest BCUT2D eigenvalue weighted by Gasteiger charge is 2.49. The van der Waals surface area contributed by atoms with Gasteiger partial charge in [0.05, 0.1) is 18.2 Å². The molecule has 0 amide bonds. The van der Waals surface area contributed by atoms with Crippen molar-refractivity contribution in [3.05, 3.63) is 48.0 Å². The van der Waals surface area contributed by atoms with Gasteiger partial charge in [-0.2, -0.15) is 0 Å². The standard InChI is InChI=1S/C14H15NO3/c16-14(17)12-10-6-7-11(18-10)13(12)15-8-9-4-2-1-3-5-9/h1-7,10-13,15H,8H2,(H,16,17)/t10-,11+,12+,13+/m0/s1. The summed E-state index contributed by atoms with van der Waals surface area (Å²) in [5.74, 6) is -1.28. The minimum atomic E-state index is -0.794. The number of ether oxygens (including phenoxy) is 1. The second-order valence-corrected chi connectivity index (χ2v) is 4.71. The summed E-state index contributed by atoms with van der Waals surface area (Å²) in [7, 11) is 0. The van der Waals surface area contributed by atoms with Crippen molar-refractivity contribution in [3.63, 3.8) is 0 Å². The Labute approximate surface area is 105 Å². The van der Waals surface area contributed by atoms with Gasteiger partial charge in [-0.3, -0.25) is 4.79 Å². The number of fused-ring (bicyclic) bond motifs is 2. The third kappa shape index (κ3) is 1.94. The summed E-state index contributed by atoms with van der Waals surface area (Å²) in [4.78, 5) is 11.3. The lowest BCUT2D eigenvalue weighted by Crippen LogP contribution is -2.45. The van der Waals surface area contributed by atoms with Crippen molar-refractivity contribution >= 4 is 5.97 Å². The van der Waals surface area contributed by atoms with E-state index < -0.39 is 11.9 Å². The molecule has 2 N–H and O–H groups in total. The van der Waals surface area contributed by atoms with Gasteiger partial charge in [-0.05, 0) is 5.56 Å². The molecule has 4 heteroatoms. The average Bonchev–Trinajstić information content (AvgIpc) is 2.97. The lowest BCUT2D eigenvalue weighted by molar-refractivity contribution is -0.143. The number of nitrogens with one attached hydrogen (secondary N) is 1. The van der Waals surface area contributed by atoms with Crippen LogP contribution in [0.15, 0.2) is 42.5 Å². The summed E-state index contributed by atoms with van der Waals surface area (Å²) in [6.07, 6.45) is 3.41. The van der Waals surface area contributed by atoms with Gasteiger partial charge in [-0.1, -0.05) is 42.5 Å². The number of carboxylic acids is 1. The molecule has 3 rings (SSSR count). The second kappa shape index (κ2) is 4.55. The number of aliphatic carboxylic acids is 1. The van der Waals surface area contributed by atoms with E-state index in [0.717, 1.165) is 5.56 Å². The zero-order chi connectivity index (χ0) is 12.5. The maximum absolute atomic E-state index is 11.3. The molecule has 1 saturated heterocycles. The zero-order valence-corrected chi connectivity index (χ0v) is 9.82. The Hall–Kier alpha value is -1.65. The fraction of sp³-hybridized carbons (Fsp3) is 0.357. The Balaban J connectivity index is 1.69. The van der Waals surface area contributed by atoms with Crippen LogP contribution < -0.4 is 5.32 Å². The molecule has 0 saturated carbocycles. The summed E-state index contributed by atoms with van der Waals surface area (Å²) >= 11 is 0. The monoisotopic (exact) mass is 245 g/mol. The van der Waals surface area contributed by atoms with E-state index in [1.165, 1.54) is 0 Å². The largest absolute Gasteiger partial charge is 0.481 e. The maximum atomic E-state index is 11.3. The van der Waals surface area contributed by atoms with Crippen molar-refractivity contribution in [1.82, 2.24) is 5.32 Å². The third-order valence-electron chi connectivity index (χ3n) is 3.57. The van der Waals surface area contributed by atoms with E-state index in [0.29, 0.717) is 6.54 Å². The van der Waals surface area contributed by atoms with E-state index in [4.69, 9.17) is 4.74 Å². The first kappa shape index (κ1) is 11.4. The summed E-state index contributed by atoms with van der Waals surface area (Å²) in [6, 6.07) is 9.82. The summed E-state index contributed by atoms with van der Waals surface area (Å²) in [5.41, 5.74) is 1.15. The van der Waals surface area contributed by atoms with Gasteiger partial charge in [-0.15, -0.1) is 0 Å². The Morgan fingerprint density at radius 1 is 1.22 bits per heavy atom. The lowest BCUT2D eigenvalue weighted by atomic mass is 9.89. The molecule has 1 fully saturated rings. The van der Waals surface area contributed by atoms with Crippen LogP contribution in [0.2, 0.25) is 0 Å². The van der Waals surface area contributed by atoms with Crippen LogP contribution in [0, 0.1) is 5.92 Å². The van der Waals surface area contributed by atoms with Crippen LogP contribution in [0.5, 0.6) is 0 Å². The molecule has 1 aromatic carbocycles. The summed E-state index contributed by atoms with van der Waals surface area (Å²) < 4.78 is 5.59. The van der Waals surface area contributed by atoms with Gasteiger partial charge >= 0.3 is 5.97 Å². The third-order valence-corrected chi connectivity index (χ3v) is 3.57. The molecule has 2 aliphatic heterocycles. The predicted octanol–water partition coefficient (Wildman–Crippen LogP) is 1.18. The van der Waals surface area contributed by atoms with Crippen molar-refractivity contribution in [2.45, 2.75) is 24.8 Å².